The Morgan fingerprint density at radius 2 is 0.653 bits per heavy atom. The van der Waals surface area contributed by atoms with Crippen LogP contribution in [0, 0.1) is 41.5 Å². The fourth-order valence-corrected chi connectivity index (χ4v) is 27.6. The summed E-state index contributed by atoms with van der Waals surface area (Å²) in [6.07, 6.45) is 8.83. The van der Waals surface area contributed by atoms with E-state index in [0.717, 1.165) is 116 Å². The summed E-state index contributed by atoms with van der Waals surface area (Å²) < 4.78 is 17.9. The Balaban J connectivity index is 0.640. The van der Waals surface area contributed by atoms with Crippen LogP contribution in [0.2, 0.25) is 0 Å². The summed E-state index contributed by atoms with van der Waals surface area (Å²) in [4.78, 5) is 37.5. The molecular formula is C130H88B2N10OS4. The molecule has 4 aliphatic rings. The van der Waals surface area contributed by atoms with E-state index in [1.165, 1.54) is 190 Å². The molecule has 11 nitrogen and oxygen atoms in total. The smallest absolute Gasteiger partial charge is 0.333 e. The number of furan rings is 1. The zero-order chi connectivity index (χ0) is 98.1. The highest BCUT2D eigenvalue weighted by Crippen LogP contribution is 2.55. The minimum absolute atomic E-state index is 0.202. The topological polar surface area (TPSA) is 110 Å². The Morgan fingerprint density at radius 1 is 0.238 bits per heavy atom. The van der Waals surface area contributed by atoms with Crippen LogP contribution < -0.4 is 21.9 Å². The largest absolute Gasteiger partial charge is 0.455 e. The van der Waals surface area contributed by atoms with E-state index in [0.29, 0.717) is 34.9 Å². The first-order chi connectivity index (χ1) is 72.2. The molecule has 17 heteroatoms. The molecular weight excluding hydrogens is 1870 g/mol. The molecule has 26 aromatic rings. The minimum Gasteiger partial charge on any atom is -0.455 e. The summed E-state index contributed by atoms with van der Waals surface area (Å²) in [5.41, 5.74) is 47.5. The molecule has 147 heavy (non-hydrogen) atoms. The Bertz CT molecular complexity index is 10200. The van der Waals surface area contributed by atoms with Gasteiger partial charge in [0, 0.05) is 146 Å². The summed E-state index contributed by atoms with van der Waals surface area (Å²) >= 11 is 7.23. The summed E-state index contributed by atoms with van der Waals surface area (Å²) in [5.74, 6) is 3.61. The zero-order valence-electron chi connectivity index (χ0n) is 82.2. The second kappa shape index (κ2) is 32.6. The van der Waals surface area contributed by atoms with Crippen LogP contribution in [-0.2, 0) is 0 Å². The Morgan fingerprint density at radius 3 is 1.20 bits per heavy atom. The van der Waals surface area contributed by atoms with E-state index in [2.05, 4.69) is 400 Å². The molecule has 0 amide bonds. The number of hydrogen-bond acceptors (Lipinski definition) is 11. The highest BCUT2D eigenvalue weighted by Gasteiger charge is 2.47. The van der Waals surface area contributed by atoms with Crippen LogP contribution in [0.1, 0.15) is 33.4 Å². The van der Waals surface area contributed by atoms with Crippen LogP contribution in [0.25, 0.3) is 267 Å². The van der Waals surface area contributed by atoms with Crippen LogP contribution >= 0.6 is 47.0 Å². The number of hydrogen-bond donors (Lipinski definition) is 0. The number of thioether (sulfide) groups is 4. The van der Waals surface area contributed by atoms with Crippen LogP contribution in [0.3, 0.4) is 0 Å². The minimum atomic E-state index is -0.233. The molecule has 7 aromatic heterocycles. The lowest BCUT2D eigenvalue weighted by molar-refractivity contribution is 0.673. The van der Waals surface area contributed by atoms with Crippen molar-refractivity contribution in [3.05, 3.63) is 385 Å². The first kappa shape index (κ1) is 86.2. The van der Waals surface area contributed by atoms with Crippen LogP contribution in [0.15, 0.2) is 376 Å². The molecule has 30 rings (SSSR count). The van der Waals surface area contributed by atoms with E-state index in [4.69, 9.17) is 34.3 Å². The Labute approximate surface area is 866 Å². The molecule has 0 aliphatic carbocycles. The van der Waals surface area contributed by atoms with Gasteiger partial charge in [-0.1, -0.05) is 224 Å². The average molecular weight is 1960 g/mol. The van der Waals surface area contributed by atoms with E-state index in [-0.39, 0.29) is 13.7 Å². The van der Waals surface area contributed by atoms with Gasteiger partial charge in [0.25, 0.3) is 0 Å². The number of para-hydroxylation sites is 2. The van der Waals surface area contributed by atoms with Crippen molar-refractivity contribution >= 4 is 192 Å². The third-order valence-corrected chi connectivity index (χ3v) is 34.9. The van der Waals surface area contributed by atoms with Gasteiger partial charge in [0.1, 0.15) is 11.2 Å². The van der Waals surface area contributed by atoms with Gasteiger partial charge in [-0.2, -0.15) is 0 Å². The molecule has 19 aromatic carbocycles. The van der Waals surface area contributed by atoms with Gasteiger partial charge in [0.15, 0.2) is 34.9 Å². The molecule has 0 spiro atoms. The number of aryl methyl sites for hydroxylation is 4. The monoisotopic (exact) mass is 1950 g/mol. The molecule has 0 N–H and O–H groups in total. The number of rotatable bonds is 15. The number of fused-ring (bicyclic) bond motifs is 24. The van der Waals surface area contributed by atoms with E-state index in [1.54, 1.807) is 23.5 Å². The highest BCUT2D eigenvalue weighted by atomic mass is 32.2. The Hall–Kier alpha value is -16.3. The Kier molecular flexibility index (Phi) is 19.1. The van der Waals surface area contributed by atoms with Crippen LogP contribution in [-0.4, -0.2) is 86.7 Å². The number of nitrogens with zero attached hydrogens (tertiary/aromatic N) is 10. The van der Waals surface area contributed by atoms with Gasteiger partial charge in [-0.15, -0.1) is 47.0 Å². The van der Waals surface area contributed by atoms with Gasteiger partial charge in [-0.25, -0.2) is 29.9 Å². The summed E-state index contributed by atoms with van der Waals surface area (Å²) in [5, 5.41) is 11.9. The summed E-state index contributed by atoms with van der Waals surface area (Å²) in [7, 11) is 0. The molecule has 694 valence electrons. The molecule has 0 saturated heterocycles. The summed E-state index contributed by atoms with van der Waals surface area (Å²) in [6, 6.07) is 131. The lowest BCUT2D eigenvalue weighted by atomic mass is 9.45. The molecule has 4 aliphatic heterocycles. The quantitative estimate of drug-likeness (QED) is 0.0723. The van der Waals surface area contributed by atoms with Crippen LogP contribution in [0.4, 0.5) is 0 Å². The third kappa shape index (κ3) is 12.6. The van der Waals surface area contributed by atoms with Crippen molar-refractivity contribution in [2.24, 2.45) is 0 Å². The van der Waals surface area contributed by atoms with Crippen molar-refractivity contribution in [2.45, 2.75) is 61.1 Å². The fourth-order valence-electron chi connectivity index (χ4n) is 25.8. The van der Waals surface area contributed by atoms with Crippen molar-refractivity contribution in [2.75, 3.05) is 25.0 Å². The van der Waals surface area contributed by atoms with E-state index in [1.807, 2.05) is 59.9 Å². The van der Waals surface area contributed by atoms with Crippen molar-refractivity contribution in [1.29, 1.82) is 0 Å². The van der Waals surface area contributed by atoms with Crippen molar-refractivity contribution in [3.8, 4) is 158 Å². The lowest BCUT2D eigenvalue weighted by Gasteiger charge is -2.36. The normalized spacial score (nSPS) is 12.6. The second-order valence-electron chi connectivity index (χ2n) is 39.9. The van der Waals surface area contributed by atoms with Gasteiger partial charge < -0.3 is 22.5 Å². The number of aromatic nitrogens is 10. The van der Waals surface area contributed by atoms with Gasteiger partial charge in [0.2, 0.25) is 0 Å². The van der Waals surface area contributed by atoms with Gasteiger partial charge >= 0.3 is 13.7 Å². The zero-order valence-corrected chi connectivity index (χ0v) is 85.4. The van der Waals surface area contributed by atoms with Crippen molar-refractivity contribution < 1.29 is 4.42 Å². The average Bonchev–Trinajstić information content (AvgIpc) is 1.52. The molecule has 0 radical (unpaired) electrons. The second-order valence-corrected chi connectivity index (χ2v) is 43.4. The maximum atomic E-state index is 7.18. The van der Waals surface area contributed by atoms with Gasteiger partial charge in [-0.3, -0.25) is 0 Å². The first-order valence-electron chi connectivity index (χ1n) is 50.1. The van der Waals surface area contributed by atoms with E-state index < -0.39 is 0 Å². The summed E-state index contributed by atoms with van der Waals surface area (Å²) in [6.45, 7) is 13.5. The van der Waals surface area contributed by atoms with E-state index in [9.17, 15) is 0 Å². The predicted molar refractivity (Wildman–Crippen MR) is 622 cm³/mol. The molecule has 0 bridgehead atoms. The van der Waals surface area contributed by atoms with E-state index >= 15 is 0 Å². The van der Waals surface area contributed by atoms with Crippen molar-refractivity contribution in [1.82, 2.24) is 48.0 Å². The molecule has 11 heterocycles. The maximum absolute atomic E-state index is 7.18. The molecule has 0 fully saturated rings. The SMILES string of the molecule is CSc1ccc2c(c1)c1cc(SC)cc3c1n2-c1cc(-c2cccc(-c4nc(-c5ccccc5)nc(-c5ccccc5)n4)c2)c(C)c2c1B3n1c3ccc(-c4c(C)cc(-c5ccc(-c6cc7c8c(c6C)-c6cc9c%10ccccc%10oc9c9c%10ccccc%10n(c69)B8c6cc(SC)cc8c9cc(SC)ccc9n-7c68)cc5-c5nc(-c6ccccc6)nc(-c6ccccc6)n5)cc4C)cc3c3cc(-c4c(C)cccc4C)cc-2c31. The fraction of sp³-hybridized carbons (Fsp3) is 0.0769. The number of benzene rings is 19. The first-order valence-corrected chi connectivity index (χ1v) is 55.0. The highest BCUT2D eigenvalue weighted by molar-refractivity contribution is 7.99. The maximum Gasteiger partial charge on any atom is 0.333 e. The molecule has 0 unspecified atom stereocenters. The standard InChI is InChI=1S/C130H88B2N10OS4/c1-69-29-27-30-70(2)113(69)84-58-97-94-57-81(46-50-109(94)141-120(97)102(59-84)115-73(5)92(67-110-118(115)131(141)104-64-87(146-9)62-98-95-60-85(144-7)47-51-106(95)139(110)121(98)104)79-39-28-40-82(55-79)129-135-125(75-31-15-11-16-32-75)133-126(136-129)76-33-17-12-18-34-76)114-71(3)53-83(54-72(114)4)89-49-45-80(56-101(89)130-137-127(77-35-19-13-20-36-77)134-128(138-130)78-37-21-14-22-38-78)93-68-111-119-116(74(93)6)103-66-100-90-41-24-26-44-112(90)143-124(100)117-91-42-23-25-43-108(91)142(123(103)117)132(119)105-65-88(147-10)63-99-96-61-86(145-8)48-52-107(96)140(111)122(99)105/h11-68H,1-10H3. The van der Waals surface area contributed by atoms with Crippen LogP contribution in [0.5, 0.6) is 0 Å². The lowest BCUT2D eigenvalue weighted by Crippen LogP contribution is -2.55. The predicted octanol–water partition coefficient (Wildman–Crippen LogP) is 31.3. The van der Waals surface area contributed by atoms with Gasteiger partial charge in [0.05, 0.1) is 27.5 Å². The van der Waals surface area contributed by atoms with Crippen molar-refractivity contribution in [3.63, 3.8) is 0 Å². The molecule has 0 atom stereocenters. The van der Waals surface area contributed by atoms with Gasteiger partial charge in [-0.05, 0) is 316 Å². The molecule has 0 saturated carbocycles. The third-order valence-electron chi connectivity index (χ3n) is 32.0.